The first-order valence-electron chi connectivity index (χ1n) is 9.00. The van der Waals surface area contributed by atoms with Crippen LogP contribution in [0.2, 0.25) is 0 Å². The molecule has 1 unspecified atom stereocenters. The molecule has 1 fully saturated rings. The van der Waals surface area contributed by atoms with Crippen LogP contribution in [0, 0.1) is 0 Å². The number of rotatable bonds is 5. The molecule has 1 aromatic heterocycles. The van der Waals surface area contributed by atoms with Crippen molar-refractivity contribution >= 4 is 6.03 Å². The quantitative estimate of drug-likeness (QED) is 0.881. The molecule has 5 heteroatoms. The van der Waals surface area contributed by atoms with E-state index in [2.05, 4.69) is 27.4 Å². The predicted octanol–water partition coefficient (Wildman–Crippen LogP) is 2.95. The van der Waals surface area contributed by atoms with Crippen molar-refractivity contribution in [1.82, 2.24) is 20.5 Å². The topological polar surface area (TPSA) is 57.3 Å². The van der Waals surface area contributed by atoms with Gasteiger partial charge in [-0.05, 0) is 42.6 Å². The molecule has 3 rings (SSSR count). The van der Waals surface area contributed by atoms with Crippen molar-refractivity contribution in [2.75, 3.05) is 19.6 Å². The van der Waals surface area contributed by atoms with E-state index in [1.165, 1.54) is 0 Å². The van der Waals surface area contributed by atoms with Gasteiger partial charge in [-0.15, -0.1) is 0 Å². The summed E-state index contributed by atoms with van der Waals surface area (Å²) in [6.45, 7) is 5.36. The minimum absolute atomic E-state index is 0.111. The molecule has 2 N–H and O–H groups in total. The molecule has 5 nitrogen and oxygen atoms in total. The van der Waals surface area contributed by atoms with E-state index in [1.54, 1.807) is 12.4 Å². The molecule has 0 radical (unpaired) electrons. The lowest BCUT2D eigenvalue weighted by molar-refractivity contribution is 0.197. The van der Waals surface area contributed by atoms with Crippen LogP contribution in [-0.4, -0.2) is 41.6 Å². The average Bonchev–Trinajstić information content (AvgIpc) is 2.68. The van der Waals surface area contributed by atoms with Gasteiger partial charge in [0.1, 0.15) is 0 Å². The molecule has 0 aliphatic carbocycles. The summed E-state index contributed by atoms with van der Waals surface area (Å²) in [6.07, 6.45) is 5.52. The van der Waals surface area contributed by atoms with E-state index in [1.807, 2.05) is 42.5 Å². The number of hydrogen-bond acceptors (Lipinski definition) is 3. The zero-order chi connectivity index (χ0) is 17.5. The number of carbonyl (C=O) groups excluding carboxylic acids is 1. The van der Waals surface area contributed by atoms with Crippen LogP contribution in [0.15, 0.2) is 54.9 Å². The van der Waals surface area contributed by atoms with E-state index < -0.39 is 0 Å². The number of pyridine rings is 1. The Kier molecular flexibility index (Phi) is 6.01. The molecule has 2 amide bonds. The SMILES string of the molecule is CCN1CCC(NC(=O)NC(c2ccccc2)c2ccncc2)CC1. The summed E-state index contributed by atoms with van der Waals surface area (Å²) in [5.41, 5.74) is 2.09. The average molecular weight is 338 g/mol. The van der Waals surface area contributed by atoms with Gasteiger partial charge in [0.15, 0.2) is 0 Å². The van der Waals surface area contributed by atoms with Gasteiger partial charge in [-0.3, -0.25) is 4.98 Å². The van der Waals surface area contributed by atoms with Gasteiger partial charge < -0.3 is 15.5 Å². The summed E-state index contributed by atoms with van der Waals surface area (Å²) in [4.78, 5) is 19.1. The van der Waals surface area contributed by atoms with Crippen molar-refractivity contribution < 1.29 is 4.79 Å². The molecular formula is C20H26N4O. The van der Waals surface area contributed by atoms with Crippen molar-refractivity contribution in [2.24, 2.45) is 0 Å². The molecule has 1 aliphatic rings. The number of nitrogens with zero attached hydrogens (tertiary/aromatic N) is 2. The number of likely N-dealkylation sites (tertiary alicyclic amines) is 1. The minimum Gasteiger partial charge on any atom is -0.335 e. The van der Waals surface area contributed by atoms with Gasteiger partial charge in [0.25, 0.3) is 0 Å². The maximum absolute atomic E-state index is 12.6. The van der Waals surface area contributed by atoms with E-state index in [9.17, 15) is 4.79 Å². The zero-order valence-electron chi connectivity index (χ0n) is 14.7. The van der Waals surface area contributed by atoms with Crippen LogP contribution < -0.4 is 10.6 Å². The monoisotopic (exact) mass is 338 g/mol. The van der Waals surface area contributed by atoms with Crippen LogP contribution in [0.1, 0.15) is 36.9 Å². The van der Waals surface area contributed by atoms with Crippen LogP contribution in [0.25, 0.3) is 0 Å². The highest BCUT2D eigenvalue weighted by atomic mass is 16.2. The van der Waals surface area contributed by atoms with Gasteiger partial charge in [-0.1, -0.05) is 37.3 Å². The summed E-state index contributed by atoms with van der Waals surface area (Å²) in [7, 11) is 0. The number of aromatic nitrogens is 1. The lowest BCUT2D eigenvalue weighted by Crippen LogP contribution is -2.48. The fourth-order valence-electron chi connectivity index (χ4n) is 3.31. The number of benzene rings is 1. The molecule has 1 aliphatic heterocycles. The van der Waals surface area contributed by atoms with E-state index in [-0.39, 0.29) is 18.1 Å². The highest BCUT2D eigenvalue weighted by molar-refractivity contribution is 5.75. The Morgan fingerprint density at radius 1 is 1.12 bits per heavy atom. The predicted molar refractivity (Wildman–Crippen MR) is 99.3 cm³/mol. The first-order valence-corrected chi connectivity index (χ1v) is 9.00. The molecular weight excluding hydrogens is 312 g/mol. The number of hydrogen-bond donors (Lipinski definition) is 2. The third-order valence-corrected chi connectivity index (χ3v) is 4.82. The second-order valence-electron chi connectivity index (χ2n) is 6.45. The second-order valence-corrected chi connectivity index (χ2v) is 6.45. The van der Waals surface area contributed by atoms with Crippen molar-refractivity contribution in [3.05, 3.63) is 66.0 Å². The number of nitrogens with one attached hydrogen (secondary N) is 2. The van der Waals surface area contributed by atoms with E-state index in [0.717, 1.165) is 43.6 Å². The molecule has 25 heavy (non-hydrogen) atoms. The van der Waals surface area contributed by atoms with Crippen molar-refractivity contribution in [1.29, 1.82) is 0 Å². The largest absolute Gasteiger partial charge is 0.335 e. The molecule has 2 heterocycles. The van der Waals surface area contributed by atoms with Gasteiger partial charge >= 0.3 is 6.03 Å². The standard InChI is InChI=1S/C20H26N4O/c1-2-24-14-10-18(11-15-24)22-20(25)23-19(16-6-4-3-5-7-16)17-8-12-21-13-9-17/h3-9,12-13,18-19H,2,10-11,14-15H2,1H3,(H2,22,23,25). The van der Waals surface area contributed by atoms with Crippen LogP contribution in [-0.2, 0) is 0 Å². The molecule has 0 spiro atoms. The van der Waals surface area contributed by atoms with E-state index in [4.69, 9.17) is 0 Å². The van der Waals surface area contributed by atoms with Gasteiger partial charge in [0.2, 0.25) is 0 Å². The van der Waals surface area contributed by atoms with Crippen LogP contribution in [0.4, 0.5) is 4.79 Å². The number of amides is 2. The number of urea groups is 1. The summed E-state index contributed by atoms with van der Waals surface area (Å²) >= 11 is 0. The lowest BCUT2D eigenvalue weighted by atomic mass is 10.00. The van der Waals surface area contributed by atoms with Gasteiger partial charge in [0, 0.05) is 31.5 Å². The summed E-state index contributed by atoms with van der Waals surface area (Å²) < 4.78 is 0. The molecule has 1 aromatic carbocycles. The Morgan fingerprint density at radius 3 is 2.40 bits per heavy atom. The number of piperidine rings is 1. The van der Waals surface area contributed by atoms with Gasteiger partial charge in [-0.25, -0.2) is 4.79 Å². The van der Waals surface area contributed by atoms with E-state index in [0.29, 0.717) is 0 Å². The first-order chi connectivity index (χ1) is 12.3. The lowest BCUT2D eigenvalue weighted by Gasteiger charge is -2.32. The molecule has 1 atom stereocenters. The summed E-state index contributed by atoms with van der Waals surface area (Å²) in [6, 6.07) is 13.9. The molecule has 132 valence electrons. The van der Waals surface area contributed by atoms with Crippen LogP contribution in [0.5, 0.6) is 0 Å². The fourth-order valence-corrected chi connectivity index (χ4v) is 3.31. The molecule has 2 aromatic rings. The summed E-state index contributed by atoms with van der Waals surface area (Å²) in [5.74, 6) is 0. The zero-order valence-corrected chi connectivity index (χ0v) is 14.7. The Hall–Kier alpha value is -2.40. The maximum Gasteiger partial charge on any atom is 0.315 e. The third kappa shape index (κ3) is 4.79. The Morgan fingerprint density at radius 2 is 1.76 bits per heavy atom. The Labute approximate surface area is 149 Å². The molecule has 0 bridgehead atoms. The maximum atomic E-state index is 12.6. The second kappa shape index (κ2) is 8.62. The van der Waals surface area contributed by atoms with Crippen LogP contribution in [0.3, 0.4) is 0 Å². The van der Waals surface area contributed by atoms with Crippen LogP contribution >= 0.6 is 0 Å². The summed E-state index contributed by atoms with van der Waals surface area (Å²) in [5, 5.41) is 6.27. The first kappa shape index (κ1) is 17.4. The van der Waals surface area contributed by atoms with Crippen molar-refractivity contribution in [3.63, 3.8) is 0 Å². The van der Waals surface area contributed by atoms with Crippen molar-refractivity contribution in [3.8, 4) is 0 Å². The molecule has 0 saturated carbocycles. The van der Waals surface area contributed by atoms with E-state index >= 15 is 0 Å². The number of carbonyl (C=O) groups is 1. The Balaban J connectivity index is 1.65. The normalized spacial score (nSPS) is 17.0. The third-order valence-electron chi connectivity index (χ3n) is 4.82. The fraction of sp³-hybridized carbons (Fsp3) is 0.400. The molecule has 1 saturated heterocycles. The van der Waals surface area contributed by atoms with Gasteiger partial charge in [0.05, 0.1) is 6.04 Å². The smallest absolute Gasteiger partial charge is 0.315 e. The Bertz CT molecular complexity index is 614. The van der Waals surface area contributed by atoms with Crippen molar-refractivity contribution in [2.45, 2.75) is 31.8 Å². The van der Waals surface area contributed by atoms with Gasteiger partial charge in [-0.2, -0.15) is 0 Å². The highest BCUT2D eigenvalue weighted by Crippen LogP contribution is 2.21. The minimum atomic E-state index is -0.181. The highest BCUT2D eigenvalue weighted by Gasteiger charge is 2.22.